The summed E-state index contributed by atoms with van der Waals surface area (Å²) in [5.74, 6) is 1.47. The monoisotopic (exact) mass is 420 g/mol. The number of hydrogen-bond acceptors (Lipinski definition) is 5. The van der Waals surface area contributed by atoms with E-state index in [9.17, 15) is 0 Å². The summed E-state index contributed by atoms with van der Waals surface area (Å²) in [6.07, 6.45) is 3.29. The van der Waals surface area contributed by atoms with Gasteiger partial charge in [-0.3, -0.25) is 4.68 Å². The Morgan fingerprint density at radius 3 is 2.82 bits per heavy atom. The lowest BCUT2D eigenvalue weighted by atomic mass is 10.2. The SMILES string of the molecule is CCNC(=NCc1ccc(Cl)cc1Cl)NCCNc1ncnc2c1cnn2C. The van der Waals surface area contributed by atoms with Crippen LogP contribution in [0.5, 0.6) is 0 Å². The molecule has 1 aromatic carbocycles. The maximum absolute atomic E-state index is 6.21. The van der Waals surface area contributed by atoms with Gasteiger partial charge in [0.25, 0.3) is 0 Å². The van der Waals surface area contributed by atoms with Gasteiger partial charge in [-0.1, -0.05) is 29.3 Å². The summed E-state index contributed by atoms with van der Waals surface area (Å²) in [6, 6.07) is 5.41. The number of rotatable bonds is 7. The number of aryl methyl sites for hydroxylation is 1. The van der Waals surface area contributed by atoms with Crippen molar-refractivity contribution in [3.63, 3.8) is 0 Å². The van der Waals surface area contributed by atoms with E-state index in [4.69, 9.17) is 23.2 Å². The zero-order valence-electron chi connectivity index (χ0n) is 15.7. The van der Waals surface area contributed by atoms with Crippen molar-refractivity contribution < 1.29 is 0 Å². The number of guanidine groups is 1. The molecule has 0 saturated heterocycles. The standard InChI is InChI=1S/C18H22Cl2N8/c1-3-21-18(24-9-12-4-5-13(19)8-15(12)20)23-7-6-22-16-14-10-27-28(2)17(14)26-11-25-16/h4-5,8,10-11H,3,6-7,9H2,1-2H3,(H2,21,23,24)(H,22,25,26). The van der Waals surface area contributed by atoms with Gasteiger partial charge in [-0.2, -0.15) is 5.10 Å². The molecule has 0 unspecified atom stereocenters. The smallest absolute Gasteiger partial charge is 0.191 e. The Kier molecular flexibility index (Phi) is 6.89. The van der Waals surface area contributed by atoms with E-state index in [1.54, 1.807) is 16.9 Å². The third kappa shape index (κ3) is 5.02. The Morgan fingerprint density at radius 2 is 2.04 bits per heavy atom. The molecule has 0 aliphatic carbocycles. The lowest BCUT2D eigenvalue weighted by Crippen LogP contribution is -2.39. The largest absolute Gasteiger partial charge is 0.368 e. The molecule has 2 aromatic heterocycles. The Labute approximate surface area is 173 Å². The Morgan fingerprint density at radius 1 is 1.18 bits per heavy atom. The number of nitrogens with zero attached hydrogens (tertiary/aromatic N) is 5. The van der Waals surface area contributed by atoms with Crippen molar-refractivity contribution in [1.82, 2.24) is 30.4 Å². The maximum Gasteiger partial charge on any atom is 0.191 e. The number of halogens is 2. The van der Waals surface area contributed by atoms with E-state index < -0.39 is 0 Å². The number of hydrogen-bond donors (Lipinski definition) is 3. The van der Waals surface area contributed by atoms with Gasteiger partial charge < -0.3 is 16.0 Å². The van der Waals surface area contributed by atoms with E-state index in [1.165, 1.54) is 6.33 Å². The lowest BCUT2D eigenvalue weighted by molar-refractivity contribution is 0.785. The van der Waals surface area contributed by atoms with Gasteiger partial charge in [0, 0.05) is 36.7 Å². The van der Waals surface area contributed by atoms with Crippen LogP contribution in [0.2, 0.25) is 10.0 Å². The normalized spacial score (nSPS) is 11.6. The van der Waals surface area contributed by atoms with Gasteiger partial charge in [0.05, 0.1) is 18.1 Å². The Bertz CT molecular complexity index is 969. The summed E-state index contributed by atoms with van der Waals surface area (Å²) in [6.45, 7) is 4.56. The third-order valence-corrected chi connectivity index (χ3v) is 4.59. The number of nitrogens with one attached hydrogen (secondary N) is 3. The molecule has 0 bridgehead atoms. The molecule has 0 saturated carbocycles. The molecular weight excluding hydrogens is 399 g/mol. The van der Waals surface area contributed by atoms with E-state index in [-0.39, 0.29) is 0 Å². The van der Waals surface area contributed by atoms with Crippen molar-refractivity contribution in [1.29, 1.82) is 0 Å². The summed E-state index contributed by atoms with van der Waals surface area (Å²) in [5, 5.41) is 16.1. The molecule has 2 heterocycles. The first kappa shape index (κ1) is 20.2. The van der Waals surface area contributed by atoms with Crippen molar-refractivity contribution in [2.45, 2.75) is 13.5 Å². The lowest BCUT2D eigenvalue weighted by Gasteiger charge is -2.12. The topological polar surface area (TPSA) is 92.1 Å². The molecule has 0 aliphatic heterocycles. The predicted octanol–water partition coefficient (Wildman–Crippen LogP) is 2.84. The van der Waals surface area contributed by atoms with Crippen molar-refractivity contribution in [2.24, 2.45) is 12.0 Å². The van der Waals surface area contributed by atoms with Crippen LogP contribution in [0.3, 0.4) is 0 Å². The molecule has 0 aliphatic rings. The molecule has 0 spiro atoms. The third-order valence-electron chi connectivity index (χ3n) is 4.01. The fraction of sp³-hybridized carbons (Fsp3) is 0.333. The van der Waals surface area contributed by atoms with Gasteiger partial charge >= 0.3 is 0 Å². The summed E-state index contributed by atoms with van der Waals surface area (Å²) in [7, 11) is 1.85. The summed E-state index contributed by atoms with van der Waals surface area (Å²) in [5.41, 5.74) is 1.71. The van der Waals surface area contributed by atoms with Gasteiger partial charge in [0.1, 0.15) is 12.1 Å². The van der Waals surface area contributed by atoms with Gasteiger partial charge in [0.2, 0.25) is 0 Å². The first-order valence-corrected chi connectivity index (χ1v) is 9.66. The van der Waals surface area contributed by atoms with Crippen molar-refractivity contribution in [3.8, 4) is 0 Å². The number of anilines is 1. The molecule has 0 amide bonds. The minimum Gasteiger partial charge on any atom is -0.368 e. The second kappa shape index (κ2) is 9.57. The van der Waals surface area contributed by atoms with E-state index >= 15 is 0 Å². The van der Waals surface area contributed by atoms with E-state index in [2.05, 4.69) is 36.0 Å². The highest BCUT2D eigenvalue weighted by Gasteiger charge is 2.07. The average Bonchev–Trinajstić information content (AvgIpc) is 3.06. The van der Waals surface area contributed by atoms with E-state index in [0.717, 1.165) is 29.0 Å². The van der Waals surface area contributed by atoms with Crippen LogP contribution in [0, 0.1) is 0 Å². The minimum absolute atomic E-state index is 0.459. The Balaban J connectivity index is 1.55. The van der Waals surface area contributed by atoms with Crippen LogP contribution in [0.1, 0.15) is 12.5 Å². The molecule has 8 nitrogen and oxygen atoms in total. The van der Waals surface area contributed by atoms with E-state index in [0.29, 0.717) is 35.6 Å². The summed E-state index contributed by atoms with van der Waals surface area (Å²) < 4.78 is 1.72. The molecule has 3 aromatic rings. The number of aromatic nitrogens is 4. The molecular formula is C18H22Cl2N8. The van der Waals surface area contributed by atoms with E-state index in [1.807, 2.05) is 26.1 Å². The Hall–Kier alpha value is -2.58. The first-order chi connectivity index (χ1) is 13.6. The number of benzene rings is 1. The quantitative estimate of drug-likeness (QED) is 0.309. The average molecular weight is 421 g/mol. The second-order valence-electron chi connectivity index (χ2n) is 6.01. The highest BCUT2D eigenvalue weighted by molar-refractivity contribution is 6.35. The summed E-state index contributed by atoms with van der Waals surface area (Å²) in [4.78, 5) is 13.1. The molecule has 148 valence electrons. The highest BCUT2D eigenvalue weighted by atomic mass is 35.5. The fourth-order valence-electron chi connectivity index (χ4n) is 2.62. The van der Waals surface area contributed by atoms with Crippen molar-refractivity contribution in [3.05, 3.63) is 46.3 Å². The molecule has 3 N–H and O–H groups in total. The first-order valence-electron chi connectivity index (χ1n) is 8.91. The van der Waals surface area contributed by atoms with Crippen LogP contribution < -0.4 is 16.0 Å². The highest BCUT2D eigenvalue weighted by Crippen LogP contribution is 2.21. The molecule has 10 heteroatoms. The predicted molar refractivity (Wildman–Crippen MR) is 114 cm³/mol. The van der Waals surface area contributed by atoms with Gasteiger partial charge in [-0.15, -0.1) is 0 Å². The van der Waals surface area contributed by atoms with Crippen LogP contribution in [-0.4, -0.2) is 45.3 Å². The van der Waals surface area contributed by atoms with Crippen LogP contribution in [0.4, 0.5) is 5.82 Å². The van der Waals surface area contributed by atoms with Crippen LogP contribution >= 0.6 is 23.2 Å². The minimum atomic E-state index is 0.459. The molecule has 28 heavy (non-hydrogen) atoms. The maximum atomic E-state index is 6.21. The molecule has 0 atom stereocenters. The molecule has 0 fully saturated rings. The fourth-order valence-corrected chi connectivity index (χ4v) is 3.09. The summed E-state index contributed by atoms with van der Waals surface area (Å²) >= 11 is 12.1. The van der Waals surface area contributed by atoms with Gasteiger partial charge in [-0.25, -0.2) is 15.0 Å². The second-order valence-corrected chi connectivity index (χ2v) is 6.86. The van der Waals surface area contributed by atoms with Crippen molar-refractivity contribution >= 4 is 46.0 Å². The van der Waals surface area contributed by atoms with Crippen LogP contribution in [0.25, 0.3) is 11.0 Å². The zero-order chi connectivity index (χ0) is 19.9. The van der Waals surface area contributed by atoms with Crippen LogP contribution in [0.15, 0.2) is 35.7 Å². The molecule has 3 rings (SSSR count). The number of fused-ring (bicyclic) bond motifs is 1. The van der Waals surface area contributed by atoms with Gasteiger partial charge in [-0.05, 0) is 24.6 Å². The van der Waals surface area contributed by atoms with Gasteiger partial charge in [0.15, 0.2) is 11.6 Å². The van der Waals surface area contributed by atoms with Crippen LogP contribution in [-0.2, 0) is 13.6 Å². The zero-order valence-corrected chi connectivity index (χ0v) is 17.2. The van der Waals surface area contributed by atoms with Crippen molar-refractivity contribution in [2.75, 3.05) is 25.0 Å². The molecule has 0 radical (unpaired) electrons. The number of aliphatic imine (C=N–C) groups is 1.